The number of amides is 2. The molecule has 2 rings (SSSR count). The van der Waals surface area contributed by atoms with Crippen LogP contribution in [0.1, 0.15) is 43.6 Å². The van der Waals surface area contributed by atoms with Crippen LogP contribution in [0, 0.1) is 12.7 Å². The van der Waals surface area contributed by atoms with Crippen LogP contribution < -0.4 is 0 Å². The lowest BCUT2D eigenvalue weighted by atomic mass is 10.1. The summed E-state index contributed by atoms with van der Waals surface area (Å²) >= 11 is 3.26. The predicted molar refractivity (Wildman–Crippen MR) is 97.1 cm³/mol. The number of benzene rings is 1. The third-order valence-electron chi connectivity index (χ3n) is 4.02. The standard InChI is InChI=1S/C18H24BrFN2O3/c1-11-8-13(15(20)9-14(11)19)16(23)21-6-7-22(12(2)10-21)17(24)25-18(3,4)5/h8-9,12H,6-7,10H2,1-5H3/t12-/m0/s1. The highest BCUT2D eigenvalue weighted by Crippen LogP contribution is 2.23. The molecule has 0 spiro atoms. The Morgan fingerprint density at radius 2 is 1.92 bits per heavy atom. The van der Waals surface area contributed by atoms with Crippen LogP contribution in [0.25, 0.3) is 0 Å². The van der Waals surface area contributed by atoms with Crippen LogP contribution >= 0.6 is 15.9 Å². The van der Waals surface area contributed by atoms with Gasteiger partial charge in [0.15, 0.2) is 0 Å². The number of nitrogens with zero attached hydrogens (tertiary/aromatic N) is 2. The third-order valence-corrected chi connectivity index (χ3v) is 4.88. The van der Waals surface area contributed by atoms with Gasteiger partial charge >= 0.3 is 6.09 Å². The fourth-order valence-corrected chi connectivity index (χ4v) is 3.04. The molecule has 1 saturated heterocycles. The van der Waals surface area contributed by atoms with Gasteiger partial charge in [-0.05, 0) is 52.3 Å². The van der Waals surface area contributed by atoms with Crippen molar-refractivity contribution in [3.05, 3.63) is 33.5 Å². The summed E-state index contributed by atoms with van der Waals surface area (Å²) in [6, 6.07) is 2.66. The second-order valence-corrected chi connectivity index (χ2v) is 8.21. The molecule has 1 aromatic carbocycles. The first kappa shape index (κ1) is 19.7. The normalized spacial score (nSPS) is 18.3. The van der Waals surface area contributed by atoms with Crippen molar-refractivity contribution in [1.29, 1.82) is 0 Å². The van der Waals surface area contributed by atoms with Gasteiger partial charge in [0.05, 0.1) is 5.56 Å². The van der Waals surface area contributed by atoms with Crippen molar-refractivity contribution in [2.75, 3.05) is 19.6 Å². The minimum atomic E-state index is -0.568. The SMILES string of the molecule is Cc1cc(C(=O)N2CCN(C(=O)OC(C)(C)C)[C@@H](C)C2)c(F)cc1Br. The van der Waals surface area contributed by atoms with Crippen LogP contribution in [-0.2, 0) is 4.74 Å². The van der Waals surface area contributed by atoms with Gasteiger partial charge in [0.2, 0.25) is 0 Å². The molecule has 0 radical (unpaired) electrons. The average Bonchev–Trinajstić information content (AvgIpc) is 2.48. The monoisotopic (exact) mass is 414 g/mol. The van der Waals surface area contributed by atoms with Gasteiger partial charge in [0.25, 0.3) is 5.91 Å². The van der Waals surface area contributed by atoms with Crippen molar-refractivity contribution in [1.82, 2.24) is 9.80 Å². The van der Waals surface area contributed by atoms with Gasteiger partial charge in [0.1, 0.15) is 11.4 Å². The van der Waals surface area contributed by atoms with E-state index in [1.807, 2.05) is 34.6 Å². The van der Waals surface area contributed by atoms with Crippen molar-refractivity contribution in [2.24, 2.45) is 0 Å². The highest BCUT2D eigenvalue weighted by atomic mass is 79.9. The zero-order valence-corrected chi connectivity index (χ0v) is 16.8. The minimum absolute atomic E-state index is 0.0543. The lowest BCUT2D eigenvalue weighted by Gasteiger charge is -2.40. The van der Waals surface area contributed by atoms with E-state index in [4.69, 9.17) is 4.74 Å². The van der Waals surface area contributed by atoms with Gasteiger partial charge in [0, 0.05) is 30.1 Å². The van der Waals surface area contributed by atoms with Crippen LogP contribution in [0.4, 0.5) is 9.18 Å². The van der Waals surface area contributed by atoms with E-state index in [0.717, 1.165) is 5.56 Å². The average molecular weight is 415 g/mol. The number of ether oxygens (including phenoxy) is 1. The van der Waals surface area contributed by atoms with Crippen molar-refractivity contribution in [3.63, 3.8) is 0 Å². The molecular formula is C18H24BrFN2O3. The first-order valence-corrected chi connectivity index (χ1v) is 9.03. The summed E-state index contributed by atoms with van der Waals surface area (Å²) in [4.78, 5) is 28.1. The van der Waals surface area contributed by atoms with Crippen molar-refractivity contribution in [2.45, 2.75) is 46.3 Å². The molecule has 1 fully saturated rings. The van der Waals surface area contributed by atoms with Crippen molar-refractivity contribution < 1.29 is 18.7 Å². The highest BCUT2D eigenvalue weighted by molar-refractivity contribution is 9.10. The summed E-state index contributed by atoms with van der Waals surface area (Å²) in [6.07, 6.45) is -0.391. The molecule has 0 N–H and O–H groups in total. The van der Waals surface area contributed by atoms with Crippen molar-refractivity contribution >= 4 is 27.9 Å². The fraction of sp³-hybridized carbons (Fsp3) is 0.556. The Morgan fingerprint density at radius 3 is 2.48 bits per heavy atom. The number of carbonyl (C=O) groups excluding carboxylic acids is 2. The predicted octanol–water partition coefficient (Wildman–Crippen LogP) is 3.98. The largest absolute Gasteiger partial charge is 0.444 e. The number of aryl methyl sites for hydroxylation is 1. The fourth-order valence-electron chi connectivity index (χ4n) is 2.73. The number of hydrogen-bond acceptors (Lipinski definition) is 3. The summed E-state index contributed by atoms with van der Waals surface area (Å²) in [5, 5.41) is 0. The Morgan fingerprint density at radius 1 is 1.28 bits per heavy atom. The van der Waals surface area contributed by atoms with E-state index in [9.17, 15) is 14.0 Å². The number of hydrogen-bond donors (Lipinski definition) is 0. The molecule has 138 valence electrons. The number of rotatable bonds is 1. The Hall–Kier alpha value is -1.63. The van der Waals surface area contributed by atoms with Crippen LogP contribution in [0.2, 0.25) is 0 Å². The van der Waals surface area contributed by atoms with Gasteiger partial charge < -0.3 is 14.5 Å². The summed E-state index contributed by atoms with van der Waals surface area (Å²) in [6.45, 7) is 10.1. The van der Waals surface area contributed by atoms with E-state index in [0.29, 0.717) is 24.1 Å². The molecule has 0 bridgehead atoms. The number of carbonyl (C=O) groups is 2. The summed E-state index contributed by atoms with van der Waals surface area (Å²) in [7, 11) is 0. The maximum atomic E-state index is 14.2. The molecule has 25 heavy (non-hydrogen) atoms. The van der Waals surface area contributed by atoms with Gasteiger partial charge in [-0.3, -0.25) is 4.79 Å². The van der Waals surface area contributed by atoms with Crippen molar-refractivity contribution in [3.8, 4) is 0 Å². The van der Waals surface area contributed by atoms with Gasteiger partial charge in [-0.15, -0.1) is 0 Å². The molecule has 0 unspecified atom stereocenters. The Kier molecular flexibility index (Phi) is 5.76. The summed E-state index contributed by atoms with van der Waals surface area (Å²) in [5.41, 5.74) is 0.283. The lowest BCUT2D eigenvalue weighted by Crippen LogP contribution is -2.56. The van der Waals surface area contributed by atoms with Crippen LogP contribution in [0.3, 0.4) is 0 Å². The van der Waals surface area contributed by atoms with Crippen LogP contribution in [0.5, 0.6) is 0 Å². The number of piperazine rings is 1. The van der Waals surface area contributed by atoms with E-state index < -0.39 is 17.5 Å². The quantitative estimate of drug-likeness (QED) is 0.698. The van der Waals surface area contributed by atoms with E-state index in [1.165, 1.54) is 6.07 Å². The molecule has 1 aromatic rings. The van der Waals surface area contributed by atoms with Crippen LogP contribution in [-0.4, -0.2) is 53.1 Å². The second-order valence-electron chi connectivity index (χ2n) is 7.36. The van der Waals surface area contributed by atoms with E-state index in [-0.39, 0.29) is 17.5 Å². The molecule has 0 saturated carbocycles. The van der Waals surface area contributed by atoms with E-state index >= 15 is 0 Å². The van der Waals surface area contributed by atoms with E-state index in [2.05, 4.69) is 15.9 Å². The summed E-state index contributed by atoms with van der Waals surface area (Å²) < 4.78 is 20.2. The summed E-state index contributed by atoms with van der Waals surface area (Å²) in [5.74, 6) is -0.909. The molecule has 0 aliphatic carbocycles. The second kappa shape index (κ2) is 7.32. The molecule has 5 nitrogen and oxygen atoms in total. The van der Waals surface area contributed by atoms with Crippen LogP contribution in [0.15, 0.2) is 16.6 Å². The van der Waals surface area contributed by atoms with Gasteiger partial charge in [-0.2, -0.15) is 0 Å². The Balaban J connectivity index is 2.09. The maximum absolute atomic E-state index is 14.2. The minimum Gasteiger partial charge on any atom is -0.444 e. The first-order chi connectivity index (χ1) is 11.5. The van der Waals surface area contributed by atoms with E-state index in [1.54, 1.807) is 15.9 Å². The molecule has 1 atom stereocenters. The van der Waals surface area contributed by atoms with Gasteiger partial charge in [-0.1, -0.05) is 15.9 Å². The number of halogens is 2. The Bertz CT molecular complexity index is 688. The molecule has 1 aliphatic heterocycles. The molecular weight excluding hydrogens is 391 g/mol. The third kappa shape index (κ3) is 4.71. The topological polar surface area (TPSA) is 49.9 Å². The molecule has 1 aliphatic rings. The van der Waals surface area contributed by atoms with Gasteiger partial charge in [-0.25, -0.2) is 9.18 Å². The maximum Gasteiger partial charge on any atom is 0.410 e. The molecule has 0 aromatic heterocycles. The molecule has 7 heteroatoms. The zero-order valence-electron chi connectivity index (χ0n) is 15.2. The lowest BCUT2D eigenvalue weighted by molar-refractivity contribution is 0.00190. The smallest absolute Gasteiger partial charge is 0.410 e. The zero-order chi connectivity index (χ0) is 18.9. The Labute approximate surface area is 156 Å². The molecule has 1 heterocycles. The first-order valence-electron chi connectivity index (χ1n) is 8.24. The molecule has 2 amide bonds. The highest BCUT2D eigenvalue weighted by Gasteiger charge is 2.33.